The highest BCUT2D eigenvalue weighted by Crippen LogP contribution is 2.27. The van der Waals surface area contributed by atoms with E-state index in [0.29, 0.717) is 11.6 Å². The molecule has 0 spiro atoms. The number of hydrogen-bond acceptors (Lipinski definition) is 3. The second-order valence-electron chi connectivity index (χ2n) is 6.42. The predicted octanol–water partition coefficient (Wildman–Crippen LogP) is 2.00. The molecule has 6 heteroatoms. The van der Waals surface area contributed by atoms with E-state index in [-0.39, 0.29) is 17.2 Å². The van der Waals surface area contributed by atoms with Crippen LogP contribution < -0.4 is 5.32 Å². The number of hydrogen-bond donors (Lipinski definition) is 1. The monoisotopic (exact) mass is 309 g/mol. The second-order valence-corrected chi connectivity index (χ2v) is 6.82. The summed E-state index contributed by atoms with van der Waals surface area (Å²) < 4.78 is 0. The van der Waals surface area contributed by atoms with Gasteiger partial charge in [-0.25, -0.2) is 0 Å². The van der Waals surface area contributed by atoms with Crippen LogP contribution in [-0.4, -0.2) is 33.8 Å². The van der Waals surface area contributed by atoms with Gasteiger partial charge in [-0.3, -0.25) is 14.6 Å². The Labute approximate surface area is 129 Å². The first-order valence-electron chi connectivity index (χ1n) is 6.91. The van der Waals surface area contributed by atoms with Crippen molar-refractivity contribution in [2.45, 2.75) is 46.3 Å². The molecular formula is C15H20ClN3O2. The summed E-state index contributed by atoms with van der Waals surface area (Å²) in [6.45, 7) is 7.83. The zero-order chi connectivity index (χ0) is 15.8. The van der Waals surface area contributed by atoms with Gasteiger partial charge in [-0.2, -0.15) is 0 Å². The van der Waals surface area contributed by atoms with E-state index in [1.165, 1.54) is 6.20 Å². The molecule has 114 valence electrons. The van der Waals surface area contributed by atoms with E-state index in [1.54, 1.807) is 24.1 Å². The fraction of sp³-hybridized carbons (Fsp3) is 0.533. The Morgan fingerprint density at radius 1 is 1.38 bits per heavy atom. The summed E-state index contributed by atoms with van der Waals surface area (Å²) >= 11 is 6.10. The highest BCUT2D eigenvalue weighted by atomic mass is 35.5. The number of amides is 2. The third-order valence-electron chi connectivity index (χ3n) is 3.73. The topological polar surface area (TPSA) is 62.3 Å². The van der Waals surface area contributed by atoms with Crippen LogP contribution in [-0.2, 0) is 16.1 Å². The minimum atomic E-state index is -0.526. The Morgan fingerprint density at radius 2 is 2.05 bits per heavy atom. The zero-order valence-corrected chi connectivity index (χ0v) is 13.4. The van der Waals surface area contributed by atoms with Crippen LogP contribution in [0.2, 0.25) is 5.02 Å². The zero-order valence-electron chi connectivity index (χ0n) is 12.7. The van der Waals surface area contributed by atoms with Crippen molar-refractivity contribution in [3.8, 4) is 0 Å². The molecule has 1 aliphatic heterocycles. The molecule has 1 aliphatic rings. The van der Waals surface area contributed by atoms with Gasteiger partial charge < -0.3 is 10.2 Å². The molecule has 0 aliphatic carbocycles. The van der Waals surface area contributed by atoms with E-state index in [2.05, 4.69) is 10.3 Å². The summed E-state index contributed by atoms with van der Waals surface area (Å²) in [7, 11) is 0. The van der Waals surface area contributed by atoms with Crippen LogP contribution in [0, 0.1) is 5.41 Å². The van der Waals surface area contributed by atoms with Gasteiger partial charge in [0.1, 0.15) is 12.1 Å². The lowest BCUT2D eigenvalue weighted by atomic mass is 9.84. The lowest BCUT2D eigenvalue weighted by Crippen LogP contribution is -2.65. The molecule has 1 fully saturated rings. The molecule has 1 saturated heterocycles. The van der Waals surface area contributed by atoms with Crippen molar-refractivity contribution in [2.75, 3.05) is 0 Å². The van der Waals surface area contributed by atoms with Gasteiger partial charge in [-0.15, -0.1) is 0 Å². The summed E-state index contributed by atoms with van der Waals surface area (Å²) in [5.74, 6) is -0.220. The molecule has 2 rings (SSSR count). The summed E-state index contributed by atoms with van der Waals surface area (Å²) in [5, 5.41) is 3.31. The minimum absolute atomic E-state index is 0.0810. The molecule has 2 heterocycles. The van der Waals surface area contributed by atoms with Gasteiger partial charge in [-0.05, 0) is 24.0 Å². The number of nitrogens with one attached hydrogen (secondary N) is 1. The lowest BCUT2D eigenvalue weighted by molar-refractivity contribution is -0.152. The average Bonchev–Trinajstić information content (AvgIpc) is 2.39. The molecule has 1 aromatic rings. The van der Waals surface area contributed by atoms with Crippen molar-refractivity contribution in [2.24, 2.45) is 5.41 Å². The SMILES string of the molecule is CC1C(=O)NC(C(C)(C)C)C(=O)N1Cc1ccncc1Cl. The van der Waals surface area contributed by atoms with Gasteiger partial charge >= 0.3 is 0 Å². The van der Waals surface area contributed by atoms with Gasteiger partial charge in [0, 0.05) is 18.9 Å². The summed E-state index contributed by atoms with van der Waals surface area (Å²) in [4.78, 5) is 30.3. The molecule has 21 heavy (non-hydrogen) atoms. The number of pyridine rings is 1. The minimum Gasteiger partial charge on any atom is -0.342 e. The average molecular weight is 310 g/mol. The van der Waals surface area contributed by atoms with Gasteiger partial charge in [0.25, 0.3) is 0 Å². The first kappa shape index (κ1) is 15.8. The van der Waals surface area contributed by atoms with Crippen LogP contribution in [0.15, 0.2) is 18.5 Å². The van der Waals surface area contributed by atoms with Gasteiger partial charge in [0.2, 0.25) is 11.8 Å². The molecule has 0 aromatic carbocycles. The lowest BCUT2D eigenvalue weighted by Gasteiger charge is -2.42. The third-order valence-corrected chi connectivity index (χ3v) is 4.07. The summed E-state index contributed by atoms with van der Waals surface area (Å²) in [6, 6.07) is 0.725. The first-order valence-corrected chi connectivity index (χ1v) is 7.29. The fourth-order valence-corrected chi connectivity index (χ4v) is 2.52. The molecule has 5 nitrogen and oxygen atoms in total. The largest absolute Gasteiger partial charge is 0.342 e. The van der Waals surface area contributed by atoms with Crippen molar-refractivity contribution in [1.29, 1.82) is 0 Å². The van der Waals surface area contributed by atoms with Crippen LogP contribution in [0.5, 0.6) is 0 Å². The van der Waals surface area contributed by atoms with Gasteiger partial charge in [-0.1, -0.05) is 32.4 Å². The van der Waals surface area contributed by atoms with Gasteiger partial charge in [0.15, 0.2) is 0 Å². The maximum Gasteiger partial charge on any atom is 0.246 e. The standard InChI is InChI=1S/C15H20ClN3O2/c1-9-13(20)18-12(15(2,3)4)14(21)19(9)8-10-5-6-17-7-11(10)16/h5-7,9,12H,8H2,1-4H3,(H,18,20). The van der Waals surface area contributed by atoms with Crippen LogP contribution in [0.3, 0.4) is 0 Å². The van der Waals surface area contributed by atoms with Gasteiger partial charge in [0.05, 0.1) is 5.02 Å². The normalized spacial score (nSPS) is 23.2. The van der Waals surface area contributed by atoms with Crippen LogP contribution in [0.25, 0.3) is 0 Å². The van der Waals surface area contributed by atoms with E-state index in [1.807, 2.05) is 20.8 Å². The molecule has 1 aromatic heterocycles. The van der Waals surface area contributed by atoms with E-state index in [4.69, 9.17) is 11.6 Å². The quantitative estimate of drug-likeness (QED) is 0.909. The van der Waals surface area contributed by atoms with Crippen molar-refractivity contribution >= 4 is 23.4 Å². The number of rotatable bonds is 2. The summed E-state index contributed by atoms with van der Waals surface area (Å²) in [6.07, 6.45) is 3.17. The number of nitrogens with zero attached hydrogens (tertiary/aromatic N) is 2. The molecule has 0 bridgehead atoms. The van der Waals surface area contributed by atoms with Crippen LogP contribution in [0.4, 0.5) is 0 Å². The number of carbonyl (C=O) groups is 2. The van der Waals surface area contributed by atoms with E-state index < -0.39 is 12.1 Å². The first-order chi connectivity index (χ1) is 9.71. The van der Waals surface area contributed by atoms with E-state index in [9.17, 15) is 9.59 Å². The Bertz CT molecular complexity index is 568. The van der Waals surface area contributed by atoms with Crippen LogP contribution in [0.1, 0.15) is 33.3 Å². The van der Waals surface area contributed by atoms with Crippen molar-refractivity contribution in [3.63, 3.8) is 0 Å². The molecule has 0 saturated carbocycles. The number of piperazine rings is 1. The molecular weight excluding hydrogens is 290 g/mol. The summed E-state index contributed by atoms with van der Waals surface area (Å²) in [5.41, 5.74) is 0.446. The molecule has 0 radical (unpaired) electrons. The Morgan fingerprint density at radius 3 is 2.62 bits per heavy atom. The second kappa shape index (κ2) is 5.64. The maximum absolute atomic E-state index is 12.7. The number of carbonyl (C=O) groups excluding carboxylic acids is 2. The maximum atomic E-state index is 12.7. The van der Waals surface area contributed by atoms with Crippen molar-refractivity contribution in [1.82, 2.24) is 15.2 Å². The number of halogens is 1. The predicted molar refractivity (Wildman–Crippen MR) is 80.6 cm³/mol. The highest BCUT2D eigenvalue weighted by Gasteiger charge is 2.43. The third kappa shape index (κ3) is 3.18. The molecule has 2 amide bonds. The smallest absolute Gasteiger partial charge is 0.246 e. The van der Waals surface area contributed by atoms with E-state index >= 15 is 0 Å². The molecule has 1 N–H and O–H groups in total. The van der Waals surface area contributed by atoms with E-state index in [0.717, 1.165) is 5.56 Å². The van der Waals surface area contributed by atoms with Crippen molar-refractivity contribution < 1.29 is 9.59 Å². The molecule has 2 atom stereocenters. The van der Waals surface area contributed by atoms with Crippen molar-refractivity contribution in [3.05, 3.63) is 29.0 Å². The Hall–Kier alpha value is -1.62. The number of aromatic nitrogens is 1. The Balaban J connectivity index is 2.30. The fourth-order valence-electron chi connectivity index (χ4n) is 2.34. The van der Waals surface area contributed by atoms with Crippen LogP contribution >= 0.6 is 11.6 Å². The molecule has 2 unspecified atom stereocenters. The highest BCUT2D eigenvalue weighted by molar-refractivity contribution is 6.31. The Kier molecular flexibility index (Phi) is 4.23.